The second-order valence-electron chi connectivity index (χ2n) is 2.67. The molecule has 1 N–H and O–H groups in total. The van der Waals surface area contributed by atoms with E-state index in [4.69, 9.17) is 9.84 Å². The Morgan fingerprint density at radius 2 is 2.50 bits per heavy atom. The standard InChI is InChI=1S/C7H8O3/c8-6-4-2-1-3-5(4)10-7(6)9/h1,3-6,8H,2H2/t4-,5+,6-/m0/s1. The van der Waals surface area contributed by atoms with E-state index in [1.807, 2.05) is 12.2 Å². The second-order valence-corrected chi connectivity index (χ2v) is 2.67. The summed E-state index contributed by atoms with van der Waals surface area (Å²) in [6.07, 6.45) is 3.49. The van der Waals surface area contributed by atoms with E-state index in [1.54, 1.807) is 0 Å². The van der Waals surface area contributed by atoms with Gasteiger partial charge in [0.15, 0.2) is 6.10 Å². The van der Waals surface area contributed by atoms with Gasteiger partial charge in [-0.25, -0.2) is 4.79 Å². The van der Waals surface area contributed by atoms with Crippen molar-refractivity contribution in [2.24, 2.45) is 5.92 Å². The fourth-order valence-electron chi connectivity index (χ4n) is 1.46. The molecule has 1 saturated heterocycles. The molecule has 3 atom stereocenters. The van der Waals surface area contributed by atoms with E-state index in [0.29, 0.717) is 0 Å². The van der Waals surface area contributed by atoms with Gasteiger partial charge in [-0.05, 0) is 12.5 Å². The molecular formula is C7H8O3. The van der Waals surface area contributed by atoms with Crippen molar-refractivity contribution in [1.29, 1.82) is 0 Å². The van der Waals surface area contributed by atoms with Gasteiger partial charge < -0.3 is 9.84 Å². The topological polar surface area (TPSA) is 46.5 Å². The smallest absolute Gasteiger partial charge is 0.336 e. The van der Waals surface area contributed by atoms with Gasteiger partial charge in [0.2, 0.25) is 0 Å². The molecule has 10 heavy (non-hydrogen) atoms. The van der Waals surface area contributed by atoms with Gasteiger partial charge in [0, 0.05) is 5.92 Å². The van der Waals surface area contributed by atoms with Crippen LogP contribution in [-0.4, -0.2) is 23.3 Å². The number of rotatable bonds is 0. The molecule has 0 saturated carbocycles. The van der Waals surface area contributed by atoms with Crippen molar-refractivity contribution in [2.75, 3.05) is 0 Å². The van der Waals surface area contributed by atoms with Crippen molar-refractivity contribution in [1.82, 2.24) is 0 Å². The molecule has 0 aromatic carbocycles. The van der Waals surface area contributed by atoms with Crippen LogP contribution in [0.2, 0.25) is 0 Å². The maximum Gasteiger partial charge on any atom is 0.336 e. The number of hydrogen-bond acceptors (Lipinski definition) is 3. The van der Waals surface area contributed by atoms with Crippen molar-refractivity contribution in [3.05, 3.63) is 12.2 Å². The first kappa shape index (κ1) is 5.92. The number of hydrogen-bond donors (Lipinski definition) is 1. The van der Waals surface area contributed by atoms with Gasteiger partial charge >= 0.3 is 5.97 Å². The lowest BCUT2D eigenvalue weighted by atomic mass is 10.0. The third-order valence-corrected chi connectivity index (χ3v) is 2.06. The summed E-state index contributed by atoms with van der Waals surface area (Å²) in [6, 6.07) is 0. The summed E-state index contributed by atoms with van der Waals surface area (Å²) in [4.78, 5) is 10.7. The summed E-state index contributed by atoms with van der Waals surface area (Å²) in [5.74, 6) is -0.480. The van der Waals surface area contributed by atoms with Crippen LogP contribution in [-0.2, 0) is 9.53 Å². The highest BCUT2D eigenvalue weighted by Gasteiger charge is 2.43. The van der Waals surface area contributed by atoms with Crippen LogP contribution in [0.1, 0.15) is 6.42 Å². The highest BCUT2D eigenvalue weighted by Crippen LogP contribution is 2.31. The minimum atomic E-state index is -0.889. The van der Waals surface area contributed by atoms with Crippen molar-refractivity contribution in [2.45, 2.75) is 18.6 Å². The van der Waals surface area contributed by atoms with Gasteiger partial charge in [0.05, 0.1) is 0 Å². The summed E-state index contributed by atoms with van der Waals surface area (Å²) in [7, 11) is 0. The van der Waals surface area contributed by atoms with Gasteiger partial charge in [-0.2, -0.15) is 0 Å². The first-order chi connectivity index (χ1) is 4.79. The molecule has 0 radical (unpaired) electrons. The minimum absolute atomic E-state index is 0.00694. The number of aliphatic hydroxyl groups excluding tert-OH is 1. The number of esters is 1. The maximum absolute atomic E-state index is 10.7. The predicted octanol–water partition coefficient (Wildman–Crippen LogP) is -0.151. The molecule has 1 heterocycles. The highest BCUT2D eigenvalue weighted by molar-refractivity contribution is 5.77. The van der Waals surface area contributed by atoms with Gasteiger partial charge in [0.25, 0.3) is 0 Å². The zero-order valence-electron chi connectivity index (χ0n) is 5.36. The zero-order chi connectivity index (χ0) is 7.14. The Balaban J connectivity index is 2.22. The number of fused-ring (bicyclic) bond motifs is 1. The predicted molar refractivity (Wildman–Crippen MR) is 33.1 cm³/mol. The molecule has 0 aromatic heterocycles. The molecule has 0 unspecified atom stereocenters. The number of ether oxygens (including phenoxy) is 1. The molecular weight excluding hydrogens is 132 g/mol. The Morgan fingerprint density at radius 1 is 1.70 bits per heavy atom. The van der Waals surface area contributed by atoms with E-state index in [0.717, 1.165) is 6.42 Å². The first-order valence-corrected chi connectivity index (χ1v) is 3.34. The van der Waals surface area contributed by atoms with Crippen LogP contribution in [0, 0.1) is 5.92 Å². The Kier molecular flexibility index (Phi) is 1.08. The second kappa shape index (κ2) is 1.83. The lowest BCUT2D eigenvalue weighted by Gasteiger charge is -2.05. The van der Waals surface area contributed by atoms with Gasteiger partial charge in [-0.3, -0.25) is 0 Å². The molecule has 3 nitrogen and oxygen atoms in total. The van der Waals surface area contributed by atoms with Crippen molar-refractivity contribution >= 4 is 5.97 Å². The largest absolute Gasteiger partial charge is 0.456 e. The third kappa shape index (κ3) is 0.609. The SMILES string of the molecule is O=C1O[C@@H]2C=CC[C@@H]2[C@@H]1O. The van der Waals surface area contributed by atoms with Crippen molar-refractivity contribution in [3.63, 3.8) is 0 Å². The molecule has 3 heteroatoms. The molecule has 2 rings (SSSR count). The van der Waals surface area contributed by atoms with Crippen LogP contribution in [0.25, 0.3) is 0 Å². The maximum atomic E-state index is 10.7. The van der Waals surface area contributed by atoms with Crippen LogP contribution in [0.3, 0.4) is 0 Å². The fourth-order valence-corrected chi connectivity index (χ4v) is 1.46. The lowest BCUT2D eigenvalue weighted by molar-refractivity contribution is -0.146. The average Bonchev–Trinajstić information content (AvgIpc) is 2.41. The van der Waals surface area contributed by atoms with Gasteiger partial charge in [0.1, 0.15) is 6.10 Å². The molecule has 0 bridgehead atoms. The number of carbonyl (C=O) groups is 1. The van der Waals surface area contributed by atoms with E-state index >= 15 is 0 Å². The zero-order valence-corrected chi connectivity index (χ0v) is 5.36. The molecule has 0 spiro atoms. The molecule has 1 aliphatic heterocycles. The lowest BCUT2D eigenvalue weighted by Crippen LogP contribution is -2.21. The molecule has 0 amide bonds. The highest BCUT2D eigenvalue weighted by atomic mass is 16.6. The summed E-state index contributed by atoms with van der Waals surface area (Å²) in [5, 5.41) is 9.15. The summed E-state index contributed by atoms with van der Waals surface area (Å²) >= 11 is 0. The number of allylic oxidation sites excluding steroid dienone is 1. The fraction of sp³-hybridized carbons (Fsp3) is 0.571. The van der Waals surface area contributed by atoms with Crippen LogP contribution >= 0.6 is 0 Å². The van der Waals surface area contributed by atoms with Gasteiger partial charge in [-0.15, -0.1) is 0 Å². The third-order valence-electron chi connectivity index (χ3n) is 2.06. The Labute approximate surface area is 58.3 Å². The summed E-state index contributed by atoms with van der Waals surface area (Å²) in [6.45, 7) is 0. The normalized spacial score (nSPS) is 43.7. The molecule has 1 fully saturated rings. The minimum Gasteiger partial charge on any atom is -0.456 e. The number of aliphatic hydroxyl groups is 1. The van der Waals surface area contributed by atoms with Crippen LogP contribution < -0.4 is 0 Å². The quantitative estimate of drug-likeness (QED) is 0.376. The van der Waals surface area contributed by atoms with E-state index in [-0.39, 0.29) is 12.0 Å². The summed E-state index contributed by atoms with van der Waals surface area (Å²) in [5.41, 5.74) is 0. The average molecular weight is 140 g/mol. The number of carbonyl (C=O) groups excluding carboxylic acids is 1. The van der Waals surface area contributed by atoms with Crippen LogP contribution in [0.5, 0.6) is 0 Å². The molecule has 54 valence electrons. The van der Waals surface area contributed by atoms with E-state index in [1.165, 1.54) is 0 Å². The monoisotopic (exact) mass is 140 g/mol. The van der Waals surface area contributed by atoms with Crippen molar-refractivity contribution in [3.8, 4) is 0 Å². The van der Waals surface area contributed by atoms with E-state index in [9.17, 15) is 4.79 Å². The van der Waals surface area contributed by atoms with E-state index in [2.05, 4.69) is 0 Å². The first-order valence-electron chi connectivity index (χ1n) is 3.34. The molecule has 0 aromatic rings. The van der Waals surface area contributed by atoms with E-state index < -0.39 is 12.1 Å². The van der Waals surface area contributed by atoms with Gasteiger partial charge in [-0.1, -0.05) is 6.08 Å². The Bertz CT molecular complexity index is 197. The Hall–Kier alpha value is -0.830. The molecule has 1 aliphatic carbocycles. The van der Waals surface area contributed by atoms with Crippen LogP contribution in [0.15, 0.2) is 12.2 Å². The van der Waals surface area contributed by atoms with Crippen LogP contribution in [0.4, 0.5) is 0 Å². The molecule has 2 aliphatic rings. The Morgan fingerprint density at radius 3 is 3.20 bits per heavy atom. The summed E-state index contributed by atoms with van der Waals surface area (Å²) < 4.78 is 4.82. The van der Waals surface area contributed by atoms with Crippen molar-refractivity contribution < 1.29 is 14.6 Å².